The molecule has 4 N–H and O–H groups in total. The van der Waals surface area contributed by atoms with Crippen LogP contribution in [0, 0.1) is 5.92 Å². The fourth-order valence-corrected chi connectivity index (χ4v) is 12.9. The molecule has 13 heteroatoms. The second-order valence-corrected chi connectivity index (χ2v) is 21.5. The standard InChI is InChI=1S/C48H58N4O8Si/c1-5-59-38-18-20-41-35(24-38)25-40(49-21-11-12-22-53)46(56)52(41)36-17-19-42-39(26-36)48(47(57)51(42)28-32-13-7-6-8-14-32)31(2)45(61(3,4)58)43(60-48)27-44(55)50-29-34-16-10-9-15-33(34)23-37(50)30-54/h6-10,13-20,24,26,31,37,40,43,45,49,53-54,58H,5,11-12,21-23,25,27-30H2,1-4H3/t31-,37+,40?,43+,45-,48+/m1/s1. The SMILES string of the molecule is CCOc1ccc2c(c1)CC(NCCCCO)C(=O)N2c1ccc2c(c1)[C@]1(O[C@@H](CC(=O)N3Cc4ccccc4C[C@H]3CO)[C@H]([Si](C)(C)O)[C@H]1C)C(=O)N2Cc1ccccc1. The van der Waals surface area contributed by atoms with Crippen molar-refractivity contribution in [2.45, 2.75) is 101 Å². The molecule has 0 saturated carbocycles. The van der Waals surface area contributed by atoms with Gasteiger partial charge in [0.1, 0.15) is 5.75 Å². The normalized spacial score (nSPS) is 24.6. The average molecular weight is 847 g/mol. The van der Waals surface area contributed by atoms with Gasteiger partial charge in [-0.2, -0.15) is 0 Å². The number of aliphatic hydroxyl groups is 2. The lowest BCUT2D eigenvalue weighted by atomic mass is 9.82. The number of hydrogen-bond donors (Lipinski definition) is 4. The van der Waals surface area contributed by atoms with E-state index in [2.05, 4.69) is 5.32 Å². The lowest BCUT2D eigenvalue weighted by Crippen LogP contribution is -2.49. The molecule has 0 radical (unpaired) electrons. The summed E-state index contributed by atoms with van der Waals surface area (Å²) in [6.45, 7) is 9.13. The number of aliphatic hydroxyl groups excluding tert-OH is 2. The summed E-state index contributed by atoms with van der Waals surface area (Å²) in [5.74, 6) is -0.462. The average Bonchev–Trinajstić information content (AvgIpc) is 3.67. The highest BCUT2D eigenvalue weighted by Gasteiger charge is 2.66. The second kappa shape index (κ2) is 17.5. The van der Waals surface area contributed by atoms with Crippen LogP contribution in [0.4, 0.5) is 17.1 Å². The first kappa shape index (κ1) is 42.8. The van der Waals surface area contributed by atoms with E-state index in [0.29, 0.717) is 73.8 Å². The molecule has 1 saturated heterocycles. The first-order valence-electron chi connectivity index (χ1n) is 21.7. The van der Waals surface area contributed by atoms with Crippen LogP contribution < -0.4 is 19.9 Å². The Morgan fingerprint density at radius 3 is 2.38 bits per heavy atom. The number of amides is 3. The Morgan fingerprint density at radius 1 is 0.918 bits per heavy atom. The van der Waals surface area contributed by atoms with Crippen LogP contribution in [0.25, 0.3) is 0 Å². The van der Waals surface area contributed by atoms with Crippen molar-refractivity contribution in [1.29, 1.82) is 0 Å². The van der Waals surface area contributed by atoms with E-state index < -0.39 is 43.6 Å². The predicted octanol–water partition coefficient (Wildman–Crippen LogP) is 5.72. The minimum Gasteiger partial charge on any atom is -0.494 e. The summed E-state index contributed by atoms with van der Waals surface area (Å²) in [6, 6.07) is 28.2. The molecule has 0 bridgehead atoms. The minimum absolute atomic E-state index is 0.0722. The number of unbranched alkanes of at least 4 members (excludes halogenated alkanes) is 1. The molecule has 1 spiro atoms. The lowest BCUT2D eigenvalue weighted by molar-refractivity contribution is -0.151. The van der Waals surface area contributed by atoms with E-state index in [1.807, 2.05) is 118 Å². The molecule has 322 valence electrons. The number of fused-ring (bicyclic) bond motifs is 4. The zero-order chi connectivity index (χ0) is 43.1. The summed E-state index contributed by atoms with van der Waals surface area (Å²) in [6.07, 6.45) is 1.44. The van der Waals surface area contributed by atoms with Gasteiger partial charge in [0.05, 0.1) is 55.7 Å². The molecule has 8 rings (SSSR count). The van der Waals surface area contributed by atoms with Crippen molar-refractivity contribution < 1.29 is 38.9 Å². The van der Waals surface area contributed by atoms with Crippen LogP contribution >= 0.6 is 0 Å². The smallest absolute Gasteiger partial charge is 0.264 e. The minimum atomic E-state index is -3.15. The van der Waals surface area contributed by atoms with Crippen LogP contribution in [0.3, 0.4) is 0 Å². The van der Waals surface area contributed by atoms with Gasteiger partial charge in [-0.05, 0) is 111 Å². The molecule has 4 aliphatic heterocycles. The van der Waals surface area contributed by atoms with Crippen LogP contribution in [0.5, 0.6) is 5.75 Å². The molecule has 3 amide bonds. The Labute approximate surface area is 359 Å². The van der Waals surface area contributed by atoms with E-state index >= 15 is 4.79 Å². The molecule has 0 aliphatic carbocycles. The number of rotatable bonds is 14. The molecule has 4 aliphatic rings. The van der Waals surface area contributed by atoms with Crippen LogP contribution in [0.15, 0.2) is 91.0 Å². The van der Waals surface area contributed by atoms with Gasteiger partial charge in [-0.1, -0.05) is 61.5 Å². The van der Waals surface area contributed by atoms with Gasteiger partial charge >= 0.3 is 0 Å². The highest BCUT2D eigenvalue weighted by Crippen LogP contribution is 2.60. The van der Waals surface area contributed by atoms with Gasteiger partial charge < -0.3 is 39.6 Å². The lowest BCUT2D eigenvalue weighted by Gasteiger charge is -2.37. The number of ether oxygens (including phenoxy) is 2. The maximum absolute atomic E-state index is 15.4. The van der Waals surface area contributed by atoms with E-state index in [1.165, 1.54) is 0 Å². The monoisotopic (exact) mass is 846 g/mol. The largest absolute Gasteiger partial charge is 0.494 e. The Hall–Kier alpha value is -4.89. The van der Waals surface area contributed by atoms with Crippen LogP contribution in [-0.4, -0.2) is 90.5 Å². The fourth-order valence-electron chi connectivity index (χ4n) is 10.4. The van der Waals surface area contributed by atoms with E-state index in [4.69, 9.17) is 9.47 Å². The van der Waals surface area contributed by atoms with Crippen LogP contribution in [-0.2, 0) is 50.7 Å². The second-order valence-electron chi connectivity index (χ2n) is 17.5. The van der Waals surface area contributed by atoms with Gasteiger partial charge in [0, 0.05) is 35.9 Å². The van der Waals surface area contributed by atoms with Gasteiger partial charge in [-0.25, -0.2) is 0 Å². The Morgan fingerprint density at radius 2 is 1.66 bits per heavy atom. The highest BCUT2D eigenvalue weighted by atomic mass is 28.4. The van der Waals surface area contributed by atoms with Gasteiger partial charge in [0.2, 0.25) is 11.8 Å². The molecule has 4 aromatic rings. The maximum Gasteiger partial charge on any atom is 0.264 e. The molecule has 12 nitrogen and oxygen atoms in total. The topological polar surface area (TPSA) is 152 Å². The number of hydrogen-bond acceptors (Lipinski definition) is 9. The Kier molecular flexibility index (Phi) is 12.3. The Balaban J connectivity index is 1.21. The third-order valence-corrected chi connectivity index (χ3v) is 15.7. The number of benzene rings is 4. The summed E-state index contributed by atoms with van der Waals surface area (Å²) in [7, 11) is -3.15. The molecule has 61 heavy (non-hydrogen) atoms. The fraction of sp³-hybridized carbons (Fsp3) is 0.438. The van der Waals surface area contributed by atoms with E-state index in [0.717, 1.165) is 22.3 Å². The zero-order valence-corrected chi connectivity index (χ0v) is 36.5. The van der Waals surface area contributed by atoms with Gasteiger partial charge in [0.15, 0.2) is 13.9 Å². The molecule has 0 aromatic heterocycles. The van der Waals surface area contributed by atoms with Crippen molar-refractivity contribution in [2.24, 2.45) is 5.92 Å². The van der Waals surface area contributed by atoms with Gasteiger partial charge in [-0.15, -0.1) is 0 Å². The molecule has 4 heterocycles. The molecule has 6 atom stereocenters. The first-order valence-corrected chi connectivity index (χ1v) is 24.7. The number of carbonyl (C=O) groups excluding carboxylic acids is 3. The summed E-state index contributed by atoms with van der Waals surface area (Å²) >= 11 is 0. The maximum atomic E-state index is 15.4. The first-order chi connectivity index (χ1) is 29.4. The summed E-state index contributed by atoms with van der Waals surface area (Å²) in [5, 5.41) is 23.3. The molecular weight excluding hydrogens is 789 g/mol. The third kappa shape index (κ3) is 7.92. The van der Waals surface area contributed by atoms with Gasteiger partial charge in [-0.3, -0.25) is 19.3 Å². The van der Waals surface area contributed by atoms with Gasteiger partial charge in [0.25, 0.3) is 5.91 Å². The molecule has 1 unspecified atom stereocenters. The zero-order valence-electron chi connectivity index (χ0n) is 35.5. The van der Waals surface area contributed by atoms with E-state index in [-0.39, 0.29) is 43.9 Å². The van der Waals surface area contributed by atoms with Crippen molar-refractivity contribution >= 4 is 43.1 Å². The molecule has 1 fully saturated rings. The predicted molar refractivity (Wildman–Crippen MR) is 236 cm³/mol. The van der Waals surface area contributed by atoms with E-state index in [1.54, 1.807) is 14.7 Å². The summed E-state index contributed by atoms with van der Waals surface area (Å²) in [5.41, 5.74) is 4.42. The summed E-state index contributed by atoms with van der Waals surface area (Å²) in [4.78, 5) is 61.7. The number of nitrogens with zero attached hydrogens (tertiary/aromatic N) is 3. The number of carbonyl (C=O) groups is 3. The molecular formula is C48H58N4O8Si. The summed E-state index contributed by atoms with van der Waals surface area (Å²) < 4.78 is 13.0. The van der Waals surface area contributed by atoms with Crippen molar-refractivity contribution in [3.63, 3.8) is 0 Å². The van der Waals surface area contributed by atoms with Crippen molar-refractivity contribution in [3.8, 4) is 5.75 Å². The van der Waals surface area contributed by atoms with Crippen molar-refractivity contribution in [1.82, 2.24) is 10.2 Å². The van der Waals surface area contributed by atoms with Crippen LogP contribution in [0.1, 0.15) is 60.9 Å². The number of nitrogens with one attached hydrogen (secondary N) is 1. The van der Waals surface area contributed by atoms with Crippen molar-refractivity contribution in [3.05, 3.63) is 119 Å². The van der Waals surface area contributed by atoms with E-state index in [9.17, 15) is 24.6 Å². The quantitative estimate of drug-likeness (QED) is 0.0924. The third-order valence-electron chi connectivity index (χ3n) is 13.2. The Bertz CT molecular complexity index is 2270. The highest BCUT2D eigenvalue weighted by molar-refractivity contribution is 6.71. The van der Waals surface area contributed by atoms with Crippen LogP contribution in [0.2, 0.25) is 18.6 Å². The van der Waals surface area contributed by atoms with Crippen molar-refractivity contribution in [2.75, 3.05) is 36.2 Å². The molecule has 4 aromatic carbocycles. The number of anilines is 3.